The number of rotatable bonds is 6. The molecular weight excluding hydrogens is 252 g/mol. The molecule has 1 saturated carbocycles. The van der Waals surface area contributed by atoms with Gasteiger partial charge < -0.3 is 15.3 Å². The van der Waals surface area contributed by atoms with Crippen LogP contribution < -0.4 is 10.2 Å². The number of anilines is 1. The average Bonchev–Trinajstić information content (AvgIpc) is 3.19. The molecule has 0 bridgehead atoms. The van der Waals surface area contributed by atoms with E-state index in [0.717, 1.165) is 18.5 Å². The van der Waals surface area contributed by atoms with E-state index in [1.165, 1.54) is 11.1 Å². The number of hydrogen-bond acceptors (Lipinski definition) is 3. The van der Waals surface area contributed by atoms with Crippen molar-refractivity contribution in [2.75, 3.05) is 25.5 Å². The summed E-state index contributed by atoms with van der Waals surface area (Å²) >= 11 is 0. The number of aliphatic carboxylic acids is 1. The van der Waals surface area contributed by atoms with Gasteiger partial charge in [0.2, 0.25) is 0 Å². The van der Waals surface area contributed by atoms with Gasteiger partial charge in [0, 0.05) is 19.3 Å². The lowest BCUT2D eigenvalue weighted by molar-refractivity contribution is -0.145. The van der Waals surface area contributed by atoms with Crippen molar-refractivity contribution in [2.45, 2.75) is 32.2 Å². The summed E-state index contributed by atoms with van der Waals surface area (Å²) in [5, 5.41) is 12.7. The molecule has 1 atom stereocenters. The Bertz CT molecular complexity index is 511. The molecule has 0 spiro atoms. The minimum Gasteiger partial charge on any atom is -0.480 e. The van der Waals surface area contributed by atoms with Gasteiger partial charge in [-0.15, -0.1) is 0 Å². The third-order valence-corrected chi connectivity index (χ3v) is 4.35. The molecule has 1 fully saturated rings. The second-order valence-electron chi connectivity index (χ2n) is 5.95. The molecule has 20 heavy (non-hydrogen) atoms. The smallest absolute Gasteiger partial charge is 0.326 e. The fourth-order valence-corrected chi connectivity index (χ4v) is 3.03. The normalized spacial score (nSPS) is 17.6. The molecule has 1 aromatic carbocycles. The molecule has 4 nitrogen and oxygen atoms in total. The van der Waals surface area contributed by atoms with Gasteiger partial charge in [-0.1, -0.05) is 17.7 Å². The van der Waals surface area contributed by atoms with E-state index in [1.807, 2.05) is 7.05 Å². The molecule has 0 aliphatic heterocycles. The van der Waals surface area contributed by atoms with Gasteiger partial charge >= 0.3 is 5.97 Å². The first-order valence-corrected chi connectivity index (χ1v) is 7.11. The van der Waals surface area contributed by atoms with Gasteiger partial charge in [-0.05, 0) is 51.3 Å². The molecule has 4 heteroatoms. The number of carboxylic acids is 1. The molecule has 0 radical (unpaired) electrons. The summed E-state index contributed by atoms with van der Waals surface area (Å²) in [6.07, 6.45) is 1.99. The van der Waals surface area contributed by atoms with Crippen LogP contribution in [0.25, 0.3) is 0 Å². The summed E-state index contributed by atoms with van der Waals surface area (Å²) in [5.74, 6) is -0.516. The number of benzene rings is 1. The lowest BCUT2D eigenvalue weighted by atomic mass is 9.92. The van der Waals surface area contributed by atoms with E-state index >= 15 is 0 Å². The highest BCUT2D eigenvalue weighted by molar-refractivity contribution is 5.81. The molecule has 1 aromatic rings. The number of nitrogens with zero attached hydrogens (tertiary/aromatic N) is 1. The maximum absolute atomic E-state index is 11.8. The van der Waals surface area contributed by atoms with Gasteiger partial charge in [0.25, 0.3) is 0 Å². The predicted molar refractivity (Wildman–Crippen MR) is 81.3 cm³/mol. The Kier molecular flexibility index (Phi) is 4.04. The number of carbonyl (C=O) groups is 1. The zero-order valence-electron chi connectivity index (χ0n) is 12.7. The lowest BCUT2D eigenvalue weighted by Crippen LogP contribution is -2.59. The molecule has 110 valence electrons. The third-order valence-electron chi connectivity index (χ3n) is 4.35. The molecule has 2 N–H and O–H groups in total. The van der Waals surface area contributed by atoms with Crippen molar-refractivity contribution in [1.82, 2.24) is 5.32 Å². The molecule has 2 rings (SSSR count). The first kappa shape index (κ1) is 14.9. The SMILES string of the molecule is CNC(CN(C)c1ccc(C)cc1C)(C(=O)O)C1CC1. The summed E-state index contributed by atoms with van der Waals surface area (Å²) in [5.41, 5.74) is 2.65. The Balaban J connectivity index is 2.24. The topological polar surface area (TPSA) is 52.6 Å². The van der Waals surface area contributed by atoms with E-state index in [0.29, 0.717) is 6.54 Å². The van der Waals surface area contributed by atoms with Gasteiger partial charge in [-0.2, -0.15) is 0 Å². The van der Waals surface area contributed by atoms with Crippen molar-refractivity contribution >= 4 is 11.7 Å². The first-order chi connectivity index (χ1) is 9.40. The van der Waals surface area contributed by atoms with Crippen molar-refractivity contribution in [1.29, 1.82) is 0 Å². The largest absolute Gasteiger partial charge is 0.480 e. The molecule has 1 aliphatic rings. The van der Waals surface area contributed by atoms with Gasteiger partial charge in [0.15, 0.2) is 0 Å². The van der Waals surface area contributed by atoms with Crippen molar-refractivity contribution in [3.8, 4) is 0 Å². The molecule has 0 amide bonds. The van der Waals surface area contributed by atoms with Crippen LogP contribution in [-0.2, 0) is 4.79 Å². The zero-order chi connectivity index (χ0) is 14.9. The first-order valence-electron chi connectivity index (χ1n) is 7.11. The summed E-state index contributed by atoms with van der Waals surface area (Å²) in [6, 6.07) is 6.27. The van der Waals surface area contributed by atoms with Gasteiger partial charge in [0.05, 0.1) is 0 Å². The van der Waals surface area contributed by atoms with Crippen LogP contribution in [-0.4, -0.2) is 37.3 Å². The lowest BCUT2D eigenvalue weighted by Gasteiger charge is -2.35. The highest BCUT2D eigenvalue weighted by atomic mass is 16.4. The number of nitrogens with one attached hydrogen (secondary N) is 1. The highest BCUT2D eigenvalue weighted by Crippen LogP contribution is 2.40. The molecule has 0 aromatic heterocycles. The van der Waals surface area contributed by atoms with Crippen LogP contribution in [0.2, 0.25) is 0 Å². The van der Waals surface area contributed by atoms with Crippen LogP contribution in [0, 0.1) is 19.8 Å². The quantitative estimate of drug-likeness (QED) is 0.836. The molecule has 1 unspecified atom stereocenters. The Morgan fingerprint density at radius 2 is 2.10 bits per heavy atom. The maximum atomic E-state index is 11.8. The van der Waals surface area contributed by atoms with Gasteiger partial charge in [-0.25, -0.2) is 0 Å². The number of carboxylic acid groups (broad SMARTS) is 1. The summed E-state index contributed by atoms with van der Waals surface area (Å²) in [6.45, 7) is 4.61. The van der Waals surface area contributed by atoms with E-state index < -0.39 is 11.5 Å². The van der Waals surface area contributed by atoms with E-state index in [9.17, 15) is 9.90 Å². The van der Waals surface area contributed by atoms with E-state index in [2.05, 4.69) is 42.3 Å². The standard InChI is InChI=1S/C16H24N2O2/c1-11-5-8-14(12(2)9-11)18(4)10-16(17-3,15(19)20)13-6-7-13/h5,8-9,13,17H,6-7,10H2,1-4H3,(H,19,20). The van der Waals surface area contributed by atoms with Gasteiger partial charge in [0.1, 0.15) is 5.54 Å². The van der Waals surface area contributed by atoms with E-state index in [-0.39, 0.29) is 5.92 Å². The Morgan fingerprint density at radius 1 is 1.45 bits per heavy atom. The molecular formula is C16H24N2O2. The maximum Gasteiger partial charge on any atom is 0.326 e. The summed E-state index contributed by atoms with van der Waals surface area (Å²) in [4.78, 5) is 13.8. The Morgan fingerprint density at radius 3 is 2.55 bits per heavy atom. The number of likely N-dealkylation sites (N-methyl/N-ethyl adjacent to an activating group) is 2. The summed E-state index contributed by atoms with van der Waals surface area (Å²) < 4.78 is 0. The fourth-order valence-electron chi connectivity index (χ4n) is 3.03. The second kappa shape index (κ2) is 5.44. The molecule has 0 saturated heterocycles. The highest BCUT2D eigenvalue weighted by Gasteiger charge is 2.51. The van der Waals surface area contributed by atoms with Gasteiger partial charge in [-0.3, -0.25) is 4.79 Å². The fraction of sp³-hybridized carbons (Fsp3) is 0.562. The van der Waals surface area contributed by atoms with Crippen molar-refractivity contribution < 1.29 is 9.90 Å². The minimum atomic E-state index is -0.841. The van der Waals surface area contributed by atoms with Crippen molar-refractivity contribution in [3.63, 3.8) is 0 Å². The number of hydrogen-bond donors (Lipinski definition) is 2. The van der Waals surface area contributed by atoms with Crippen molar-refractivity contribution in [3.05, 3.63) is 29.3 Å². The molecule has 0 heterocycles. The monoisotopic (exact) mass is 276 g/mol. The Hall–Kier alpha value is -1.55. The van der Waals surface area contributed by atoms with Crippen LogP contribution in [0.4, 0.5) is 5.69 Å². The summed E-state index contributed by atoms with van der Waals surface area (Å²) in [7, 11) is 3.72. The second-order valence-corrected chi connectivity index (χ2v) is 5.95. The van der Waals surface area contributed by atoms with Crippen LogP contribution in [0.15, 0.2) is 18.2 Å². The third kappa shape index (κ3) is 2.66. The average molecular weight is 276 g/mol. The number of aryl methyl sites for hydroxylation is 2. The predicted octanol–water partition coefficient (Wildman–Crippen LogP) is 2.19. The van der Waals surface area contributed by atoms with Crippen molar-refractivity contribution in [2.24, 2.45) is 5.92 Å². The van der Waals surface area contributed by atoms with E-state index in [1.54, 1.807) is 7.05 Å². The van der Waals surface area contributed by atoms with E-state index in [4.69, 9.17) is 0 Å². The van der Waals surface area contributed by atoms with Crippen LogP contribution in [0.1, 0.15) is 24.0 Å². The minimum absolute atomic E-state index is 0.234. The van der Waals surface area contributed by atoms with Crippen LogP contribution in [0.3, 0.4) is 0 Å². The Labute approximate surface area is 120 Å². The zero-order valence-corrected chi connectivity index (χ0v) is 12.7. The van der Waals surface area contributed by atoms with Crippen LogP contribution >= 0.6 is 0 Å². The molecule has 1 aliphatic carbocycles. The van der Waals surface area contributed by atoms with Crippen LogP contribution in [0.5, 0.6) is 0 Å².